The molecule has 0 bridgehead atoms. The molecular formula is C19H26N2O6. The van der Waals surface area contributed by atoms with Gasteiger partial charge in [-0.05, 0) is 43.8 Å². The molecule has 0 saturated carbocycles. The standard InChI is InChI=1S/C19H26N2O6/c1-26-12-7-13(17(22)23)14(16(8-12)27-2)10-21-11-19(3-5-20-6-4-19)9-15(21)18(24)25/h7-8,15,20H,3-6,9-11H2,1-2H3,(H,22,23)(H,24,25)/t15-/m1/s1. The number of likely N-dealkylation sites (tertiary alicyclic amines) is 1. The summed E-state index contributed by atoms with van der Waals surface area (Å²) < 4.78 is 10.6. The molecule has 8 heteroatoms. The van der Waals surface area contributed by atoms with Crippen molar-refractivity contribution >= 4 is 11.9 Å². The van der Waals surface area contributed by atoms with Crippen LogP contribution >= 0.6 is 0 Å². The number of rotatable bonds is 6. The number of methoxy groups -OCH3 is 2. The lowest BCUT2D eigenvalue weighted by atomic mass is 9.77. The van der Waals surface area contributed by atoms with Crippen LogP contribution in [-0.2, 0) is 11.3 Å². The molecule has 0 aromatic heterocycles. The van der Waals surface area contributed by atoms with Crippen molar-refractivity contribution in [3.63, 3.8) is 0 Å². The second-order valence-corrected chi connectivity index (χ2v) is 7.37. The van der Waals surface area contributed by atoms with E-state index in [0.29, 0.717) is 30.0 Å². The molecule has 1 aromatic rings. The van der Waals surface area contributed by atoms with E-state index in [2.05, 4.69) is 5.32 Å². The van der Waals surface area contributed by atoms with Crippen molar-refractivity contribution < 1.29 is 29.3 Å². The molecule has 2 aliphatic heterocycles. The predicted octanol–water partition coefficient (Wildman–Crippen LogP) is 1.43. The first-order chi connectivity index (χ1) is 12.9. The van der Waals surface area contributed by atoms with E-state index in [1.807, 2.05) is 4.90 Å². The highest BCUT2D eigenvalue weighted by molar-refractivity contribution is 5.91. The van der Waals surface area contributed by atoms with Crippen LogP contribution in [0.1, 0.15) is 35.2 Å². The summed E-state index contributed by atoms with van der Waals surface area (Å²) >= 11 is 0. The van der Waals surface area contributed by atoms with Crippen molar-refractivity contribution in [3.8, 4) is 11.5 Å². The summed E-state index contributed by atoms with van der Waals surface area (Å²) in [7, 11) is 2.93. The maximum Gasteiger partial charge on any atom is 0.336 e. The average molecular weight is 378 g/mol. The Kier molecular flexibility index (Phi) is 5.57. The molecule has 8 nitrogen and oxygen atoms in total. The lowest BCUT2D eigenvalue weighted by Gasteiger charge is -2.33. The maximum absolute atomic E-state index is 11.9. The Balaban J connectivity index is 1.95. The van der Waals surface area contributed by atoms with Gasteiger partial charge in [0, 0.05) is 24.7 Å². The van der Waals surface area contributed by atoms with E-state index in [1.54, 1.807) is 6.07 Å². The number of carboxylic acid groups (broad SMARTS) is 2. The fourth-order valence-corrected chi connectivity index (χ4v) is 4.35. The number of ether oxygens (including phenoxy) is 2. The molecule has 1 atom stereocenters. The first-order valence-corrected chi connectivity index (χ1v) is 9.05. The van der Waals surface area contributed by atoms with E-state index >= 15 is 0 Å². The van der Waals surface area contributed by atoms with Gasteiger partial charge in [0.2, 0.25) is 0 Å². The maximum atomic E-state index is 11.9. The molecule has 2 heterocycles. The number of carboxylic acids is 2. The zero-order valence-corrected chi connectivity index (χ0v) is 15.7. The zero-order valence-electron chi connectivity index (χ0n) is 15.7. The van der Waals surface area contributed by atoms with Gasteiger partial charge in [-0.1, -0.05) is 0 Å². The predicted molar refractivity (Wildman–Crippen MR) is 97.5 cm³/mol. The van der Waals surface area contributed by atoms with Gasteiger partial charge in [-0.15, -0.1) is 0 Å². The van der Waals surface area contributed by atoms with Gasteiger partial charge in [0.05, 0.1) is 19.8 Å². The number of nitrogens with zero attached hydrogens (tertiary/aromatic N) is 1. The van der Waals surface area contributed by atoms with Crippen molar-refractivity contribution in [2.45, 2.75) is 31.8 Å². The van der Waals surface area contributed by atoms with E-state index < -0.39 is 18.0 Å². The normalized spacial score (nSPS) is 21.9. The quantitative estimate of drug-likeness (QED) is 0.682. The molecular weight excluding hydrogens is 352 g/mol. The van der Waals surface area contributed by atoms with Crippen LogP contribution in [0.4, 0.5) is 0 Å². The van der Waals surface area contributed by atoms with Gasteiger partial charge in [0.1, 0.15) is 17.5 Å². The molecule has 0 radical (unpaired) electrons. The first-order valence-electron chi connectivity index (χ1n) is 9.05. The third-order valence-electron chi connectivity index (χ3n) is 5.78. The van der Waals surface area contributed by atoms with Crippen molar-refractivity contribution in [3.05, 3.63) is 23.3 Å². The highest BCUT2D eigenvalue weighted by Gasteiger charge is 2.47. The molecule has 0 amide bonds. The number of hydrogen-bond acceptors (Lipinski definition) is 6. The topological polar surface area (TPSA) is 108 Å². The Labute approximate surface area is 158 Å². The fourth-order valence-electron chi connectivity index (χ4n) is 4.35. The highest BCUT2D eigenvalue weighted by Crippen LogP contribution is 2.43. The fraction of sp³-hybridized carbons (Fsp3) is 0.579. The van der Waals surface area contributed by atoms with Crippen molar-refractivity contribution in [1.82, 2.24) is 10.2 Å². The van der Waals surface area contributed by atoms with E-state index in [4.69, 9.17) is 9.47 Å². The number of nitrogens with one attached hydrogen (secondary N) is 1. The third-order valence-corrected chi connectivity index (χ3v) is 5.78. The molecule has 0 unspecified atom stereocenters. The summed E-state index contributed by atoms with van der Waals surface area (Å²) in [5.41, 5.74) is 0.516. The summed E-state index contributed by atoms with van der Waals surface area (Å²) in [5, 5.41) is 22.7. The molecule has 0 aliphatic carbocycles. The second-order valence-electron chi connectivity index (χ2n) is 7.37. The van der Waals surface area contributed by atoms with Gasteiger partial charge in [0.25, 0.3) is 0 Å². The summed E-state index contributed by atoms with van der Waals surface area (Å²) in [5.74, 6) is -1.18. The second kappa shape index (κ2) is 7.74. The first kappa shape index (κ1) is 19.4. The highest BCUT2D eigenvalue weighted by atomic mass is 16.5. The minimum Gasteiger partial charge on any atom is -0.497 e. The number of benzene rings is 1. The summed E-state index contributed by atoms with van der Waals surface area (Å²) in [4.78, 5) is 25.5. The molecule has 2 saturated heterocycles. The lowest BCUT2D eigenvalue weighted by Crippen LogP contribution is -2.39. The molecule has 27 heavy (non-hydrogen) atoms. The van der Waals surface area contributed by atoms with Gasteiger partial charge >= 0.3 is 11.9 Å². The number of aromatic carboxylic acids is 1. The Hall–Kier alpha value is -2.32. The molecule has 3 N–H and O–H groups in total. The Morgan fingerprint density at radius 1 is 1.22 bits per heavy atom. The van der Waals surface area contributed by atoms with Gasteiger partial charge < -0.3 is 25.0 Å². The van der Waals surface area contributed by atoms with E-state index in [9.17, 15) is 19.8 Å². The molecule has 3 rings (SSSR count). The van der Waals surface area contributed by atoms with Gasteiger partial charge in [0.15, 0.2) is 0 Å². The summed E-state index contributed by atoms with van der Waals surface area (Å²) in [6, 6.07) is 2.46. The van der Waals surface area contributed by atoms with Gasteiger partial charge in [-0.3, -0.25) is 9.69 Å². The Morgan fingerprint density at radius 3 is 2.48 bits per heavy atom. The van der Waals surface area contributed by atoms with Crippen LogP contribution in [0.25, 0.3) is 0 Å². The van der Waals surface area contributed by atoms with Crippen LogP contribution in [0.3, 0.4) is 0 Å². The zero-order chi connectivity index (χ0) is 19.6. The third kappa shape index (κ3) is 3.86. The van der Waals surface area contributed by atoms with Gasteiger partial charge in [-0.25, -0.2) is 4.79 Å². The molecule has 1 spiro atoms. The van der Waals surface area contributed by atoms with Crippen LogP contribution in [0.2, 0.25) is 0 Å². The Morgan fingerprint density at radius 2 is 1.93 bits per heavy atom. The number of piperidine rings is 1. The Bertz CT molecular complexity index is 729. The smallest absolute Gasteiger partial charge is 0.336 e. The summed E-state index contributed by atoms with van der Waals surface area (Å²) in [6.45, 7) is 2.61. The summed E-state index contributed by atoms with van der Waals surface area (Å²) in [6.07, 6.45) is 2.45. The van der Waals surface area contributed by atoms with Crippen LogP contribution in [-0.4, -0.2) is 66.9 Å². The van der Waals surface area contributed by atoms with Crippen molar-refractivity contribution in [2.75, 3.05) is 33.9 Å². The van der Waals surface area contributed by atoms with Crippen LogP contribution in [0, 0.1) is 5.41 Å². The van der Waals surface area contributed by atoms with E-state index in [1.165, 1.54) is 20.3 Å². The van der Waals surface area contributed by atoms with Crippen LogP contribution in [0.15, 0.2) is 12.1 Å². The number of hydrogen-bond donors (Lipinski definition) is 3. The lowest BCUT2D eigenvalue weighted by molar-refractivity contribution is -0.142. The van der Waals surface area contributed by atoms with Crippen molar-refractivity contribution in [2.24, 2.45) is 5.41 Å². The van der Waals surface area contributed by atoms with Crippen LogP contribution in [0.5, 0.6) is 11.5 Å². The van der Waals surface area contributed by atoms with Crippen LogP contribution < -0.4 is 14.8 Å². The SMILES string of the molecule is COc1cc(OC)c(CN2CC3(CCNCC3)C[C@@H]2C(=O)O)c(C(=O)O)c1. The minimum atomic E-state index is -1.09. The monoisotopic (exact) mass is 378 g/mol. The number of aliphatic carboxylic acids is 1. The average Bonchev–Trinajstić information content (AvgIpc) is 3.00. The molecule has 2 fully saturated rings. The molecule has 148 valence electrons. The largest absolute Gasteiger partial charge is 0.497 e. The van der Waals surface area contributed by atoms with E-state index in [-0.39, 0.29) is 17.5 Å². The van der Waals surface area contributed by atoms with Gasteiger partial charge in [-0.2, -0.15) is 0 Å². The minimum absolute atomic E-state index is 0.0304. The molecule has 2 aliphatic rings. The number of carbonyl (C=O) groups is 2. The van der Waals surface area contributed by atoms with Crippen molar-refractivity contribution in [1.29, 1.82) is 0 Å². The van der Waals surface area contributed by atoms with E-state index in [0.717, 1.165) is 25.9 Å². The molecule has 1 aromatic carbocycles.